The second-order valence-corrected chi connectivity index (χ2v) is 8.51. The highest BCUT2D eigenvalue weighted by atomic mass is 32.2. The van der Waals surface area contributed by atoms with Gasteiger partial charge in [-0.15, -0.1) is 0 Å². The van der Waals surface area contributed by atoms with Crippen LogP contribution in [0.2, 0.25) is 0 Å². The zero-order chi connectivity index (χ0) is 18.7. The third-order valence-corrected chi connectivity index (χ3v) is 6.38. The molecule has 140 valence electrons. The highest BCUT2D eigenvalue weighted by molar-refractivity contribution is 7.91. The number of aryl methyl sites for hydroxylation is 2. The van der Waals surface area contributed by atoms with Crippen molar-refractivity contribution in [1.82, 2.24) is 9.78 Å². The summed E-state index contributed by atoms with van der Waals surface area (Å²) in [5.74, 6) is 1.08. The Morgan fingerprint density at radius 3 is 2.69 bits per heavy atom. The van der Waals surface area contributed by atoms with E-state index in [1.54, 1.807) is 16.8 Å². The first-order valence-electron chi connectivity index (χ1n) is 8.62. The molecule has 0 aliphatic heterocycles. The minimum atomic E-state index is -3.41. The van der Waals surface area contributed by atoms with Crippen molar-refractivity contribution < 1.29 is 17.9 Å². The molecule has 0 unspecified atom stereocenters. The number of benzene rings is 1. The van der Waals surface area contributed by atoms with E-state index < -0.39 is 9.84 Å². The summed E-state index contributed by atoms with van der Waals surface area (Å²) in [5, 5.41) is 7.30. The lowest BCUT2D eigenvalue weighted by Crippen LogP contribution is -2.17. The fourth-order valence-electron chi connectivity index (χ4n) is 3.19. The molecule has 1 aromatic heterocycles. The minimum absolute atomic E-state index is 0.0732. The number of anilines is 1. The Hall–Kier alpha value is -2.35. The SMILES string of the molecule is COc1ccc(S(=O)(=O)CCCC(=O)Nc2c3c(nn2C)CCC3)cc1. The number of sulfone groups is 1. The first-order chi connectivity index (χ1) is 12.4. The molecule has 1 aliphatic carbocycles. The number of hydrogen-bond donors (Lipinski definition) is 1. The van der Waals surface area contributed by atoms with Crippen LogP contribution >= 0.6 is 0 Å². The fourth-order valence-corrected chi connectivity index (χ4v) is 4.50. The van der Waals surface area contributed by atoms with Gasteiger partial charge in [0.2, 0.25) is 5.91 Å². The zero-order valence-electron chi connectivity index (χ0n) is 15.0. The molecule has 1 N–H and O–H groups in total. The van der Waals surface area contributed by atoms with E-state index in [9.17, 15) is 13.2 Å². The lowest BCUT2D eigenvalue weighted by molar-refractivity contribution is -0.116. The van der Waals surface area contributed by atoms with Crippen LogP contribution in [-0.4, -0.2) is 37.0 Å². The molecule has 0 saturated carbocycles. The summed E-state index contributed by atoms with van der Waals surface area (Å²) in [6.45, 7) is 0. The van der Waals surface area contributed by atoms with E-state index in [4.69, 9.17) is 4.74 Å². The maximum atomic E-state index is 12.4. The molecule has 1 aromatic carbocycles. The molecule has 3 rings (SSSR count). The average molecular weight is 377 g/mol. The van der Waals surface area contributed by atoms with Crippen LogP contribution in [-0.2, 0) is 34.5 Å². The summed E-state index contributed by atoms with van der Waals surface area (Å²) in [4.78, 5) is 12.4. The Labute approximate surface area is 153 Å². The molecule has 7 nitrogen and oxygen atoms in total. The van der Waals surface area contributed by atoms with Crippen molar-refractivity contribution in [2.24, 2.45) is 7.05 Å². The van der Waals surface area contributed by atoms with Gasteiger partial charge in [0.15, 0.2) is 9.84 Å². The van der Waals surface area contributed by atoms with E-state index in [0.29, 0.717) is 5.75 Å². The van der Waals surface area contributed by atoms with E-state index >= 15 is 0 Å². The molecule has 0 radical (unpaired) electrons. The molecule has 0 atom stereocenters. The standard InChI is InChI=1S/C18H23N3O4S/c1-21-18(15-5-3-6-16(15)20-21)19-17(22)7-4-12-26(23,24)14-10-8-13(25-2)9-11-14/h8-11H,3-7,12H2,1-2H3,(H,19,22). The number of amides is 1. The predicted molar refractivity (Wildman–Crippen MR) is 98.1 cm³/mol. The van der Waals surface area contributed by atoms with E-state index in [0.717, 1.165) is 36.3 Å². The van der Waals surface area contributed by atoms with Crippen LogP contribution in [0.25, 0.3) is 0 Å². The normalized spacial score (nSPS) is 13.5. The number of aromatic nitrogens is 2. The molecule has 0 spiro atoms. The number of hydrogen-bond acceptors (Lipinski definition) is 5. The number of ether oxygens (including phenoxy) is 1. The highest BCUT2D eigenvalue weighted by Gasteiger charge is 2.22. The van der Waals surface area contributed by atoms with Gasteiger partial charge >= 0.3 is 0 Å². The van der Waals surface area contributed by atoms with Gasteiger partial charge in [-0.05, 0) is 49.9 Å². The Balaban J connectivity index is 1.55. The first-order valence-corrected chi connectivity index (χ1v) is 10.3. The maximum Gasteiger partial charge on any atom is 0.225 e. The van der Waals surface area contributed by atoms with Gasteiger partial charge in [-0.1, -0.05) is 0 Å². The topological polar surface area (TPSA) is 90.3 Å². The summed E-state index contributed by atoms with van der Waals surface area (Å²) < 4.78 is 31.4. The molecule has 2 aromatic rings. The van der Waals surface area contributed by atoms with Crippen molar-refractivity contribution in [3.05, 3.63) is 35.5 Å². The van der Waals surface area contributed by atoms with Gasteiger partial charge in [-0.3, -0.25) is 9.48 Å². The van der Waals surface area contributed by atoms with Crippen molar-refractivity contribution in [1.29, 1.82) is 0 Å². The Morgan fingerprint density at radius 2 is 2.00 bits per heavy atom. The lowest BCUT2D eigenvalue weighted by atomic mass is 10.2. The first kappa shape index (κ1) is 18.4. The van der Waals surface area contributed by atoms with Crippen LogP contribution in [0.5, 0.6) is 5.75 Å². The van der Waals surface area contributed by atoms with Crippen LogP contribution in [0.1, 0.15) is 30.5 Å². The Kier molecular flexibility index (Phi) is 5.31. The largest absolute Gasteiger partial charge is 0.497 e. The minimum Gasteiger partial charge on any atom is -0.497 e. The number of fused-ring (bicyclic) bond motifs is 1. The smallest absolute Gasteiger partial charge is 0.225 e. The van der Waals surface area contributed by atoms with Crippen molar-refractivity contribution in [3.8, 4) is 5.75 Å². The summed E-state index contributed by atoms with van der Waals surface area (Å²) >= 11 is 0. The van der Waals surface area contributed by atoms with Gasteiger partial charge in [0, 0.05) is 19.0 Å². The van der Waals surface area contributed by atoms with Gasteiger partial charge in [0.1, 0.15) is 11.6 Å². The van der Waals surface area contributed by atoms with Crippen LogP contribution < -0.4 is 10.1 Å². The van der Waals surface area contributed by atoms with Crippen molar-refractivity contribution in [3.63, 3.8) is 0 Å². The number of methoxy groups -OCH3 is 1. The van der Waals surface area contributed by atoms with Crippen LogP contribution in [0.3, 0.4) is 0 Å². The quantitative estimate of drug-likeness (QED) is 0.798. The summed E-state index contributed by atoms with van der Waals surface area (Å²) in [6.07, 6.45) is 3.33. The van der Waals surface area contributed by atoms with Crippen LogP contribution in [0.15, 0.2) is 29.2 Å². The molecule has 1 amide bonds. The van der Waals surface area contributed by atoms with Gasteiger partial charge in [-0.2, -0.15) is 5.10 Å². The van der Waals surface area contributed by atoms with Crippen LogP contribution in [0.4, 0.5) is 5.82 Å². The van der Waals surface area contributed by atoms with Crippen molar-refractivity contribution in [2.45, 2.75) is 37.0 Å². The molecular weight excluding hydrogens is 354 g/mol. The van der Waals surface area contributed by atoms with E-state index in [1.165, 1.54) is 19.2 Å². The van der Waals surface area contributed by atoms with Crippen molar-refractivity contribution >= 4 is 21.6 Å². The summed E-state index contributed by atoms with van der Waals surface area (Å²) in [5.41, 5.74) is 2.15. The molecule has 0 bridgehead atoms. The third kappa shape index (κ3) is 3.90. The average Bonchev–Trinajstić information content (AvgIpc) is 3.17. The lowest BCUT2D eigenvalue weighted by Gasteiger charge is -2.08. The number of nitrogens with one attached hydrogen (secondary N) is 1. The van der Waals surface area contributed by atoms with Gasteiger partial charge in [0.25, 0.3) is 0 Å². The monoisotopic (exact) mass is 377 g/mol. The fraction of sp³-hybridized carbons (Fsp3) is 0.444. The van der Waals surface area contributed by atoms with E-state index in [1.807, 2.05) is 7.05 Å². The molecule has 1 heterocycles. The second kappa shape index (κ2) is 7.49. The molecule has 0 fully saturated rings. The van der Waals surface area contributed by atoms with Gasteiger partial charge in [0.05, 0.1) is 23.5 Å². The van der Waals surface area contributed by atoms with E-state index in [2.05, 4.69) is 10.4 Å². The predicted octanol–water partition coefficient (Wildman–Crippen LogP) is 2.11. The molecule has 0 saturated heterocycles. The number of rotatable bonds is 7. The summed E-state index contributed by atoms with van der Waals surface area (Å²) in [6, 6.07) is 6.27. The Bertz CT molecular complexity index is 901. The van der Waals surface area contributed by atoms with E-state index in [-0.39, 0.29) is 29.4 Å². The number of carbonyl (C=O) groups excluding carboxylic acids is 1. The van der Waals surface area contributed by atoms with Gasteiger partial charge in [-0.25, -0.2) is 8.42 Å². The highest BCUT2D eigenvalue weighted by Crippen LogP contribution is 2.28. The number of carbonyl (C=O) groups is 1. The molecule has 8 heteroatoms. The molecule has 1 aliphatic rings. The van der Waals surface area contributed by atoms with Gasteiger partial charge < -0.3 is 10.1 Å². The Morgan fingerprint density at radius 1 is 1.27 bits per heavy atom. The second-order valence-electron chi connectivity index (χ2n) is 6.40. The van der Waals surface area contributed by atoms with Crippen LogP contribution in [0, 0.1) is 0 Å². The maximum absolute atomic E-state index is 12.4. The number of nitrogens with zero attached hydrogens (tertiary/aromatic N) is 2. The van der Waals surface area contributed by atoms with Crippen molar-refractivity contribution in [2.75, 3.05) is 18.2 Å². The third-order valence-electron chi connectivity index (χ3n) is 4.56. The zero-order valence-corrected chi connectivity index (χ0v) is 15.8. The molecular formula is C18H23N3O4S. The molecule has 26 heavy (non-hydrogen) atoms. The summed E-state index contributed by atoms with van der Waals surface area (Å²) in [7, 11) is -0.0786.